The van der Waals surface area contributed by atoms with Crippen molar-refractivity contribution in [1.82, 2.24) is 0 Å². The Labute approximate surface area is 800 Å². The first-order valence-electron chi connectivity index (χ1n) is 45.2. The van der Waals surface area contributed by atoms with Gasteiger partial charge in [-0.2, -0.15) is 0 Å². The van der Waals surface area contributed by atoms with E-state index in [0.717, 1.165) is 66.8 Å². The Bertz CT molecular complexity index is 5940. The van der Waals surface area contributed by atoms with Crippen molar-refractivity contribution in [2.45, 2.75) is 104 Å². The van der Waals surface area contributed by atoms with Gasteiger partial charge in [-0.3, -0.25) is 0 Å². The van der Waals surface area contributed by atoms with Gasteiger partial charge in [0, 0.05) is 0 Å². The monoisotopic (exact) mass is 1840 g/mol. The third-order valence-electron chi connectivity index (χ3n) is 22.2. The Morgan fingerprint density at radius 2 is 0.341 bits per heavy atom. The summed E-state index contributed by atoms with van der Waals surface area (Å²) in [5.41, 5.74) is 8.64. The Morgan fingerprint density at radius 3 is 0.522 bits per heavy atom. The van der Waals surface area contributed by atoms with Crippen molar-refractivity contribution < 1.29 is 99.7 Å². The average molecular weight is 1840 g/mol. The Kier molecular flexibility index (Phi) is 32.0. The zero-order valence-corrected chi connectivity index (χ0v) is 75.3. The maximum Gasteiger partial charge on any atom is 0.340 e. The molecule has 0 N–H and O–H groups in total. The molecule has 0 aromatic heterocycles. The van der Waals surface area contributed by atoms with Crippen LogP contribution >= 0.6 is 0 Å². The lowest BCUT2D eigenvalue weighted by Gasteiger charge is -2.40. The van der Waals surface area contributed by atoms with Gasteiger partial charge in [0.05, 0.1) is 28.9 Å². The van der Waals surface area contributed by atoms with Crippen molar-refractivity contribution in [3.8, 4) is 69.0 Å². The summed E-state index contributed by atoms with van der Waals surface area (Å²) >= 11 is 0. The van der Waals surface area contributed by atoms with Gasteiger partial charge < -0.3 is 80.5 Å². The lowest BCUT2D eigenvalue weighted by atomic mass is 10.0. The Hall–Kier alpha value is -17.0. The highest BCUT2D eigenvalue weighted by molar-refractivity contribution is 5.94. The van der Waals surface area contributed by atoms with Gasteiger partial charge in [0.15, 0.2) is 58.2 Å². The van der Waals surface area contributed by atoms with E-state index in [1.54, 1.807) is 0 Å². The quantitative estimate of drug-likeness (QED) is 0.0255. The first-order chi connectivity index (χ1) is 68.0. The van der Waals surface area contributed by atoms with Gasteiger partial charge in [-0.1, -0.05) is 364 Å². The van der Waals surface area contributed by atoms with Crippen LogP contribution in [0.25, 0.3) is 0 Å². The molecule has 0 aliphatic carbocycles. The standard InChI is InChI=1S/C117H98O21/c118-113(94-61-98(122-69-82-37-13-1-14-38-82)107(130-77-90-53-29-9-30-54-90)99(62-94)123-70-83-39-15-2-16-40-83)135-106-81-134-117(138-116(121)97-67-104(128-75-88-49-25-7-26-50-88)110(133-80-93-59-35-12-36-60-93)105(68-97)129-76-89-51-27-8-28-52-89)112(137-115(120)96-65-102(126-73-86-45-21-5-22-46-86)109(132-79-92-57-33-11-34-58-92)103(66-96)127-74-87-47-23-6-24-48-87)111(106)136-114(119)95-63-100(124-71-84-41-17-3-18-42-84)108(131-78-91-55-31-10-32-56-91)101(64-95)125-72-85-43-19-4-20-44-85/h1-68,106,111-112,117H,69-81H2/t106-,111+,112-,117+/m1/s1. The molecule has 692 valence electrons. The van der Waals surface area contributed by atoms with Gasteiger partial charge >= 0.3 is 23.9 Å². The lowest BCUT2D eigenvalue weighted by Crippen LogP contribution is -2.58. The highest BCUT2D eigenvalue weighted by atomic mass is 16.7. The maximum atomic E-state index is 16.6. The molecule has 21 nitrogen and oxygen atoms in total. The van der Waals surface area contributed by atoms with Crippen LogP contribution in [0.4, 0.5) is 0 Å². The molecule has 17 rings (SSSR count). The largest absolute Gasteiger partial charge is 0.485 e. The molecule has 1 saturated heterocycles. The second-order valence-corrected chi connectivity index (χ2v) is 32.3. The fourth-order valence-electron chi connectivity index (χ4n) is 15.0. The third-order valence-corrected chi connectivity index (χ3v) is 22.2. The molecule has 0 amide bonds. The molecule has 4 atom stereocenters. The van der Waals surface area contributed by atoms with E-state index < -0.39 is 55.1 Å². The highest BCUT2D eigenvalue weighted by Gasteiger charge is 2.51. The highest BCUT2D eigenvalue weighted by Crippen LogP contribution is 2.47. The number of hydrogen-bond donors (Lipinski definition) is 0. The molecule has 0 bridgehead atoms. The molecule has 21 heteroatoms. The number of carbonyl (C=O) groups excluding carboxylic acids is 4. The Balaban J connectivity index is 0.827. The normalized spacial score (nSPS) is 13.6. The zero-order chi connectivity index (χ0) is 94.1. The van der Waals surface area contributed by atoms with Crippen LogP contribution in [0.15, 0.2) is 413 Å². The number of carbonyl (C=O) groups is 4. The first-order valence-corrected chi connectivity index (χ1v) is 45.2. The topological polar surface area (TPSA) is 225 Å². The molecule has 1 fully saturated rings. The van der Waals surface area contributed by atoms with Crippen LogP contribution < -0.4 is 56.8 Å². The molecule has 0 radical (unpaired) electrons. The third kappa shape index (κ3) is 26.1. The van der Waals surface area contributed by atoms with Gasteiger partial charge in [0.25, 0.3) is 0 Å². The molecule has 0 spiro atoms. The van der Waals surface area contributed by atoms with Crippen LogP contribution in [0.2, 0.25) is 0 Å². The summed E-state index contributed by atoms with van der Waals surface area (Å²) in [5.74, 6) is -3.44. The molecular formula is C117H98O21. The van der Waals surface area contributed by atoms with E-state index in [0.29, 0.717) is 0 Å². The minimum Gasteiger partial charge on any atom is -0.485 e. The molecular weight excluding hydrogens is 1740 g/mol. The summed E-state index contributed by atoms with van der Waals surface area (Å²) in [4.78, 5) is 65.6. The fourth-order valence-corrected chi connectivity index (χ4v) is 15.0. The van der Waals surface area contributed by atoms with E-state index in [9.17, 15) is 0 Å². The van der Waals surface area contributed by atoms with Crippen LogP contribution in [0, 0.1) is 0 Å². The first kappa shape index (κ1) is 92.8. The SMILES string of the molecule is O=C(O[C@@H]1OC[C@@H](OC(=O)c2cc(OCc3ccccc3)c(OCc3ccccc3)c(OCc3ccccc3)c2)[C@H](OC(=O)c2cc(OCc3ccccc3)c(OCc3ccccc3)c(OCc3ccccc3)c2)[C@H]1OC(=O)c1cc(OCc2ccccc2)c(OCc2ccccc2)c(OCc2ccccc2)c1)c1cc(OCc2ccccc2)c(OCc2ccccc2)c(OCc2ccccc2)c1. The summed E-state index contributed by atoms with van der Waals surface area (Å²) in [7, 11) is 0. The minimum absolute atomic E-state index is 0.0000821. The van der Waals surface area contributed by atoms with Crippen LogP contribution in [0.3, 0.4) is 0 Å². The predicted molar refractivity (Wildman–Crippen MR) is 518 cm³/mol. The second-order valence-electron chi connectivity index (χ2n) is 32.3. The van der Waals surface area contributed by atoms with Crippen LogP contribution in [0.1, 0.15) is 108 Å². The smallest absolute Gasteiger partial charge is 0.340 e. The summed E-state index contributed by atoms with van der Waals surface area (Å²) in [6, 6.07) is 125. The average Bonchev–Trinajstić information content (AvgIpc) is 0.775. The summed E-state index contributed by atoms with van der Waals surface area (Å²) in [6.45, 7) is -0.701. The maximum absolute atomic E-state index is 16.6. The molecule has 0 unspecified atom stereocenters. The van der Waals surface area contributed by atoms with Gasteiger partial charge in [0.1, 0.15) is 79.3 Å². The second kappa shape index (κ2) is 47.5. The van der Waals surface area contributed by atoms with Crippen LogP contribution in [-0.4, -0.2) is 55.1 Å². The minimum atomic E-state index is -2.15. The summed E-state index contributed by atoms with van der Waals surface area (Å²) < 4.78 is 115. The molecule has 16 aromatic rings. The van der Waals surface area contributed by atoms with Crippen LogP contribution in [0.5, 0.6) is 69.0 Å². The van der Waals surface area contributed by atoms with E-state index in [1.165, 1.54) is 48.5 Å². The van der Waals surface area contributed by atoms with E-state index >= 15 is 19.2 Å². The number of benzene rings is 16. The van der Waals surface area contributed by atoms with Gasteiger partial charge in [0.2, 0.25) is 35.4 Å². The lowest BCUT2D eigenvalue weighted by molar-refractivity contribution is -0.250. The number of rotatable bonds is 44. The molecule has 1 heterocycles. The van der Waals surface area contributed by atoms with E-state index in [1.807, 2.05) is 364 Å². The molecule has 1 aliphatic heterocycles. The van der Waals surface area contributed by atoms with E-state index in [2.05, 4.69) is 0 Å². The van der Waals surface area contributed by atoms with Crippen molar-refractivity contribution in [1.29, 1.82) is 0 Å². The molecule has 16 aromatic carbocycles. The number of esters is 4. The number of ether oxygens (including phenoxy) is 17. The van der Waals surface area contributed by atoms with Crippen LogP contribution in [-0.2, 0) is 103 Å². The predicted octanol–water partition coefficient (Wildman–Crippen LogP) is 23.8. The molecule has 1 aliphatic rings. The van der Waals surface area contributed by atoms with Gasteiger partial charge in [-0.25, -0.2) is 19.2 Å². The van der Waals surface area contributed by atoms with Crippen molar-refractivity contribution >= 4 is 23.9 Å². The summed E-state index contributed by atoms with van der Waals surface area (Å²) in [6.07, 6.45) is -8.11. The molecule has 0 saturated carbocycles. The van der Waals surface area contributed by atoms with Gasteiger partial charge in [-0.15, -0.1) is 0 Å². The number of hydrogen-bond acceptors (Lipinski definition) is 21. The fraction of sp³-hybridized carbons (Fsp3) is 0.145. The summed E-state index contributed by atoms with van der Waals surface area (Å²) in [5, 5.41) is 0. The molecule has 138 heavy (non-hydrogen) atoms. The van der Waals surface area contributed by atoms with Crippen molar-refractivity contribution in [3.05, 3.63) is 502 Å². The van der Waals surface area contributed by atoms with Gasteiger partial charge in [-0.05, 0) is 115 Å². The van der Waals surface area contributed by atoms with Crippen molar-refractivity contribution in [2.75, 3.05) is 6.61 Å². The Morgan fingerprint density at radius 1 is 0.188 bits per heavy atom. The van der Waals surface area contributed by atoms with Crippen molar-refractivity contribution in [3.63, 3.8) is 0 Å². The van der Waals surface area contributed by atoms with E-state index in [4.69, 9.17) is 80.5 Å². The zero-order valence-electron chi connectivity index (χ0n) is 75.3. The van der Waals surface area contributed by atoms with E-state index in [-0.39, 0.29) is 171 Å². The van der Waals surface area contributed by atoms with Crippen molar-refractivity contribution in [2.24, 2.45) is 0 Å².